The number of amides is 1. The van der Waals surface area contributed by atoms with Gasteiger partial charge in [-0.25, -0.2) is 4.98 Å². The van der Waals surface area contributed by atoms with Crippen molar-refractivity contribution in [2.75, 3.05) is 6.61 Å². The second-order valence-corrected chi connectivity index (χ2v) is 6.70. The van der Waals surface area contributed by atoms with Crippen molar-refractivity contribution in [3.05, 3.63) is 32.7 Å². The molecule has 5 nitrogen and oxygen atoms in total. The third kappa shape index (κ3) is 3.41. The van der Waals surface area contributed by atoms with E-state index < -0.39 is 6.04 Å². The Labute approximate surface area is 125 Å². The number of aliphatic hydroxyl groups is 1. The van der Waals surface area contributed by atoms with Crippen molar-refractivity contribution in [2.45, 2.75) is 32.7 Å². The van der Waals surface area contributed by atoms with E-state index in [4.69, 9.17) is 0 Å². The molecule has 0 aromatic carbocycles. The van der Waals surface area contributed by atoms with Crippen LogP contribution in [0, 0.1) is 6.92 Å². The van der Waals surface area contributed by atoms with Gasteiger partial charge >= 0.3 is 0 Å². The molecule has 1 amide bonds. The molecule has 2 N–H and O–H groups in total. The smallest absolute Gasteiger partial charge is 0.271 e. The van der Waals surface area contributed by atoms with E-state index in [0.29, 0.717) is 17.3 Å². The van der Waals surface area contributed by atoms with Crippen LogP contribution >= 0.6 is 22.9 Å². The Balaban J connectivity index is 2.10. The van der Waals surface area contributed by atoms with Crippen LogP contribution in [-0.4, -0.2) is 27.0 Å². The first-order chi connectivity index (χ1) is 9.51. The number of aliphatic hydroxyl groups excluding tert-OH is 1. The van der Waals surface area contributed by atoms with Crippen molar-refractivity contribution < 1.29 is 9.90 Å². The molecule has 2 heterocycles. The molecule has 2 rings (SSSR count). The first-order valence-electron chi connectivity index (χ1n) is 6.31. The van der Waals surface area contributed by atoms with Gasteiger partial charge < -0.3 is 10.4 Å². The number of thiazole rings is 1. The average molecular weight is 311 g/mol. The van der Waals surface area contributed by atoms with Gasteiger partial charge in [0.15, 0.2) is 0 Å². The van der Waals surface area contributed by atoms with Crippen LogP contribution in [0.15, 0.2) is 11.4 Å². The van der Waals surface area contributed by atoms with Gasteiger partial charge in [-0.3, -0.25) is 4.79 Å². The molecule has 0 aliphatic carbocycles. The average Bonchev–Trinajstić information content (AvgIpc) is 3.04. The second kappa shape index (κ2) is 6.43. The maximum atomic E-state index is 12.0. The van der Waals surface area contributed by atoms with Crippen LogP contribution in [-0.2, 0) is 0 Å². The van der Waals surface area contributed by atoms with Gasteiger partial charge in [0.05, 0.1) is 23.4 Å². The van der Waals surface area contributed by atoms with E-state index >= 15 is 0 Å². The zero-order valence-corrected chi connectivity index (χ0v) is 13.2. The summed E-state index contributed by atoms with van der Waals surface area (Å²) < 4.78 is 4.06. The van der Waals surface area contributed by atoms with E-state index in [-0.39, 0.29) is 12.5 Å². The van der Waals surface area contributed by atoms with E-state index in [2.05, 4.69) is 28.5 Å². The number of aryl methyl sites for hydroxylation is 1. The highest BCUT2D eigenvalue weighted by atomic mass is 32.1. The van der Waals surface area contributed by atoms with Crippen molar-refractivity contribution in [3.8, 4) is 0 Å². The van der Waals surface area contributed by atoms with Crippen LogP contribution in [0.25, 0.3) is 0 Å². The molecule has 1 atom stereocenters. The first kappa shape index (κ1) is 15.1. The molecule has 1 unspecified atom stereocenters. The van der Waals surface area contributed by atoms with E-state index in [1.165, 1.54) is 11.5 Å². The fourth-order valence-corrected chi connectivity index (χ4v) is 3.08. The molecular weight excluding hydrogens is 294 g/mol. The maximum Gasteiger partial charge on any atom is 0.271 e. The van der Waals surface area contributed by atoms with Gasteiger partial charge in [0.25, 0.3) is 5.91 Å². The molecule has 108 valence electrons. The fourth-order valence-electron chi connectivity index (χ4n) is 1.64. The molecule has 20 heavy (non-hydrogen) atoms. The molecule has 0 aliphatic heterocycles. The number of hydrogen-bond donors (Lipinski definition) is 2. The molecular formula is C13H17N3O2S2. The lowest BCUT2D eigenvalue weighted by Gasteiger charge is -2.13. The van der Waals surface area contributed by atoms with Crippen LogP contribution < -0.4 is 5.32 Å². The minimum atomic E-state index is -0.492. The van der Waals surface area contributed by atoms with E-state index in [1.54, 1.807) is 17.4 Å². The Morgan fingerprint density at radius 3 is 2.75 bits per heavy atom. The monoisotopic (exact) mass is 311 g/mol. The number of nitrogens with zero attached hydrogens (tertiary/aromatic N) is 2. The molecule has 0 fully saturated rings. The largest absolute Gasteiger partial charge is 0.394 e. The lowest BCUT2D eigenvalue weighted by Crippen LogP contribution is -2.31. The van der Waals surface area contributed by atoms with Gasteiger partial charge in [0, 0.05) is 16.2 Å². The fraction of sp³-hybridized carbons (Fsp3) is 0.462. The number of carbonyl (C=O) groups is 1. The molecule has 0 spiro atoms. The SMILES string of the molecule is Cc1cc(C(=O)NC(CO)c2csc(C(C)C)n2)ns1. The Bertz CT molecular complexity index is 592. The Kier molecular flexibility index (Phi) is 4.85. The molecule has 0 radical (unpaired) electrons. The van der Waals surface area contributed by atoms with Gasteiger partial charge in [-0.2, -0.15) is 4.37 Å². The zero-order chi connectivity index (χ0) is 14.7. The predicted octanol–water partition coefficient (Wildman–Crippen LogP) is 2.49. The molecule has 2 aromatic rings. The molecule has 0 aliphatic rings. The topological polar surface area (TPSA) is 75.1 Å². The van der Waals surface area contributed by atoms with Crippen molar-refractivity contribution in [1.29, 1.82) is 0 Å². The Morgan fingerprint density at radius 2 is 2.25 bits per heavy atom. The van der Waals surface area contributed by atoms with Crippen molar-refractivity contribution in [3.63, 3.8) is 0 Å². The zero-order valence-electron chi connectivity index (χ0n) is 11.6. The van der Waals surface area contributed by atoms with Crippen LogP contribution in [0.5, 0.6) is 0 Å². The highest BCUT2D eigenvalue weighted by Crippen LogP contribution is 2.23. The molecule has 0 bridgehead atoms. The molecule has 2 aromatic heterocycles. The van der Waals surface area contributed by atoms with Gasteiger partial charge in [0.2, 0.25) is 0 Å². The first-order valence-corrected chi connectivity index (χ1v) is 7.97. The third-order valence-electron chi connectivity index (χ3n) is 2.74. The predicted molar refractivity (Wildman–Crippen MR) is 80.3 cm³/mol. The second-order valence-electron chi connectivity index (χ2n) is 4.80. The van der Waals surface area contributed by atoms with Gasteiger partial charge in [0.1, 0.15) is 5.69 Å². The normalized spacial score (nSPS) is 12.7. The summed E-state index contributed by atoms with van der Waals surface area (Å²) >= 11 is 2.83. The molecule has 0 saturated heterocycles. The lowest BCUT2D eigenvalue weighted by atomic mass is 10.2. The number of rotatable bonds is 5. The minimum absolute atomic E-state index is 0.184. The molecule has 0 saturated carbocycles. The lowest BCUT2D eigenvalue weighted by molar-refractivity contribution is 0.0911. The summed E-state index contributed by atoms with van der Waals surface area (Å²) in [6.07, 6.45) is 0. The third-order valence-corrected chi connectivity index (χ3v) is 4.60. The number of hydrogen-bond acceptors (Lipinski definition) is 6. The number of carbonyl (C=O) groups excluding carboxylic acids is 1. The summed E-state index contributed by atoms with van der Waals surface area (Å²) in [4.78, 5) is 17.5. The van der Waals surface area contributed by atoms with Crippen LogP contribution in [0.4, 0.5) is 0 Å². The summed E-state index contributed by atoms with van der Waals surface area (Å²) in [5.74, 6) is 0.0532. The highest BCUT2D eigenvalue weighted by molar-refractivity contribution is 7.09. The van der Waals surface area contributed by atoms with Crippen molar-refractivity contribution in [2.24, 2.45) is 0 Å². The van der Waals surface area contributed by atoms with Crippen molar-refractivity contribution >= 4 is 28.8 Å². The summed E-state index contributed by atoms with van der Waals surface area (Å²) in [7, 11) is 0. The standard InChI is InChI=1S/C13H17N3O2S2/c1-7(2)13-15-11(6-19-13)10(5-17)14-12(18)9-4-8(3)20-16-9/h4,6-7,10,17H,5H2,1-3H3,(H,14,18). The van der Waals surface area contributed by atoms with E-state index in [0.717, 1.165) is 9.88 Å². The minimum Gasteiger partial charge on any atom is -0.394 e. The highest BCUT2D eigenvalue weighted by Gasteiger charge is 2.19. The van der Waals surface area contributed by atoms with E-state index in [9.17, 15) is 9.90 Å². The number of aromatic nitrogens is 2. The maximum absolute atomic E-state index is 12.0. The summed E-state index contributed by atoms with van der Waals surface area (Å²) in [6, 6.07) is 1.24. The van der Waals surface area contributed by atoms with Crippen LogP contribution in [0.3, 0.4) is 0 Å². The summed E-state index contributed by atoms with van der Waals surface area (Å²) in [5.41, 5.74) is 1.08. The van der Waals surface area contributed by atoms with Gasteiger partial charge in [-0.05, 0) is 24.5 Å². The van der Waals surface area contributed by atoms with E-state index in [1.807, 2.05) is 12.3 Å². The summed E-state index contributed by atoms with van der Waals surface area (Å²) in [5, 5.41) is 15.1. The number of nitrogens with one attached hydrogen (secondary N) is 1. The quantitative estimate of drug-likeness (QED) is 0.889. The van der Waals surface area contributed by atoms with Crippen LogP contribution in [0.2, 0.25) is 0 Å². The van der Waals surface area contributed by atoms with Gasteiger partial charge in [-0.15, -0.1) is 11.3 Å². The van der Waals surface area contributed by atoms with Gasteiger partial charge in [-0.1, -0.05) is 13.8 Å². The van der Waals surface area contributed by atoms with Crippen LogP contribution in [0.1, 0.15) is 51.9 Å². The Morgan fingerprint density at radius 1 is 1.50 bits per heavy atom. The molecule has 7 heteroatoms. The Hall–Kier alpha value is -1.31. The van der Waals surface area contributed by atoms with Crippen molar-refractivity contribution in [1.82, 2.24) is 14.7 Å². The summed E-state index contributed by atoms with van der Waals surface area (Å²) in [6.45, 7) is 5.84.